The Morgan fingerprint density at radius 3 is 2.37 bits per heavy atom. The van der Waals surface area contributed by atoms with Crippen molar-refractivity contribution in [3.63, 3.8) is 0 Å². The molecule has 0 spiro atoms. The van der Waals surface area contributed by atoms with E-state index < -0.39 is 0 Å². The zero-order chi connectivity index (χ0) is 21.7. The largest absolute Gasteiger partial charge is 0.349 e. The minimum Gasteiger partial charge on any atom is -0.349 e. The zero-order valence-corrected chi connectivity index (χ0v) is 18.2. The zero-order valence-electron chi connectivity index (χ0n) is 18.2. The molecule has 1 amide bonds. The second-order valence-electron chi connectivity index (χ2n) is 8.29. The van der Waals surface area contributed by atoms with Crippen LogP contribution in [0.4, 0.5) is 0 Å². The van der Waals surface area contributed by atoms with Gasteiger partial charge in [-0.15, -0.1) is 0 Å². The van der Waals surface area contributed by atoms with Gasteiger partial charge in [-0.3, -0.25) is 9.59 Å². The van der Waals surface area contributed by atoms with Gasteiger partial charge in [0.05, 0.1) is 16.9 Å². The maximum Gasteiger partial charge on any atom is 0.258 e. The van der Waals surface area contributed by atoms with Crippen molar-refractivity contribution in [2.75, 3.05) is 0 Å². The molecule has 30 heavy (non-hydrogen) atoms. The van der Waals surface area contributed by atoms with Gasteiger partial charge in [0.25, 0.3) is 5.56 Å². The lowest BCUT2D eigenvalue weighted by atomic mass is 9.92. The average Bonchev–Trinajstić information content (AvgIpc) is 2.75. The lowest BCUT2D eigenvalue weighted by Gasteiger charge is -2.23. The first-order valence-electron chi connectivity index (χ1n) is 10.8. The van der Waals surface area contributed by atoms with Crippen LogP contribution < -0.4 is 10.9 Å². The summed E-state index contributed by atoms with van der Waals surface area (Å²) in [5.74, 6) is 1.29. The minimum atomic E-state index is -0.169. The van der Waals surface area contributed by atoms with Gasteiger partial charge >= 0.3 is 0 Å². The number of amides is 1. The third kappa shape index (κ3) is 5.15. The number of hydrogen-bond acceptors (Lipinski definition) is 3. The lowest BCUT2D eigenvalue weighted by molar-refractivity contribution is -0.122. The van der Waals surface area contributed by atoms with Crippen molar-refractivity contribution in [1.82, 2.24) is 15.3 Å². The van der Waals surface area contributed by atoms with Crippen LogP contribution >= 0.6 is 0 Å². The summed E-state index contributed by atoms with van der Waals surface area (Å²) in [5.41, 5.74) is 2.92. The molecule has 0 aliphatic carbocycles. The van der Waals surface area contributed by atoms with E-state index in [2.05, 4.69) is 67.2 Å². The smallest absolute Gasteiger partial charge is 0.258 e. The number of nitrogens with one attached hydrogen (secondary N) is 2. The number of hydrogen-bond donors (Lipinski definition) is 2. The lowest BCUT2D eigenvalue weighted by Crippen LogP contribution is -2.32. The van der Waals surface area contributed by atoms with E-state index in [4.69, 9.17) is 0 Å². The highest BCUT2D eigenvalue weighted by Crippen LogP contribution is 2.25. The molecular formula is C25H31N3O2. The van der Waals surface area contributed by atoms with Crippen LogP contribution in [0, 0.1) is 5.92 Å². The van der Waals surface area contributed by atoms with Crippen LogP contribution in [0.25, 0.3) is 10.9 Å². The number of aryl methyl sites for hydroxylation is 1. The Morgan fingerprint density at radius 2 is 1.70 bits per heavy atom. The van der Waals surface area contributed by atoms with Crippen molar-refractivity contribution in [2.24, 2.45) is 5.92 Å². The number of fused-ring (bicyclic) bond motifs is 1. The third-order valence-electron chi connectivity index (χ3n) is 5.71. The Bertz CT molecular complexity index is 1050. The number of nitrogens with zero attached hydrogens (tertiary/aromatic N) is 1. The summed E-state index contributed by atoms with van der Waals surface area (Å²) in [4.78, 5) is 32.1. The SMILES string of the molecule is CC[C@@H](C)c1ccc([C@H](NC(=O)CCc2nc3ccccc3c(=O)[nH]2)C(C)C)cc1. The van der Waals surface area contributed by atoms with E-state index in [1.165, 1.54) is 5.56 Å². The van der Waals surface area contributed by atoms with E-state index >= 15 is 0 Å². The molecule has 0 aliphatic rings. The molecule has 1 heterocycles. The molecule has 3 rings (SSSR count). The van der Waals surface area contributed by atoms with Crippen LogP contribution in [0.2, 0.25) is 0 Å². The molecule has 0 aliphatic heterocycles. The number of aromatic amines is 1. The molecule has 5 heteroatoms. The van der Waals surface area contributed by atoms with Crippen molar-refractivity contribution < 1.29 is 4.79 Å². The van der Waals surface area contributed by atoms with Gasteiger partial charge in [-0.2, -0.15) is 0 Å². The first kappa shape index (κ1) is 21.8. The van der Waals surface area contributed by atoms with Crippen LogP contribution in [-0.2, 0) is 11.2 Å². The van der Waals surface area contributed by atoms with Gasteiger partial charge < -0.3 is 10.3 Å². The number of carbonyl (C=O) groups excluding carboxylic acids is 1. The van der Waals surface area contributed by atoms with Gasteiger partial charge in [-0.25, -0.2) is 4.98 Å². The summed E-state index contributed by atoms with van der Waals surface area (Å²) >= 11 is 0. The fraction of sp³-hybridized carbons (Fsp3) is 0.400. The van der Waals surface area contributed by atoms with Crippen LogP contribution in [-0.4, -0.2) is 15.9 Å². The number of H-pyrrole nitrogens is 1. The molecule has 0 fully saturated rings. The van der Waals surface area contributed by atoms with E-state index in [1.807, 2.05) is 18.2 Å². The van der Waals surface area contributed by atoms with Crippen molar-refractivity contribution in [3.8, 4) is 0 Å². The van der Waals surface area contributed by atoms with Gasteiger partial charge in [-0.1, -0.05) is 64.1 Å². The van der Waals surface area contributed by atoms with E-state index in [-0.39, 0.29) is 29.8 Å². The molecule has 158 valence electrons. The Hall–Kier alpha value is -2.95. The summed E-state index contributed by atoms with van der Waals surface area (Å²) < 4.78 is 0. The molecule has 2 aromatic carbocycles. The summed E-state index contributed by atoms with van der Waals surface area (Å²) in [7, 11) is 0. The molecule has 2 N–H and O–H groups in total. The first-order chi connectivity index (χ1) is 14.4. The predicted molar refractivity (Wildman–Crippen MR) is 122 cm³/mol. The summed E-state index contributed by atoms with van der Waals surface area (Å²) in [5, 5.41) is 3.72. The van der Waals surface area contributed by atoms with Crippen molar-refractivity contribution in [1.29, 1.82) is 0 Å². The molecule has 2 atom stereocenters. The number of rotatable bonds is 8. The molecule has 3 aromatic rings. The molecule has 0 saturated heterocycles. The van der Waals surface area contributed by atoms with Gasteiger partial charge in [0, 0.05) is 12.8 Å². The monoisotopic (exact) mass is 405 g/mol. The first-order valence-corrected chi connectivity index (χ1v) is 10.8. The normalized spacial score (nSPS) is 13.4. The average molecular weight is 406 g/mol. The molecule has 1 aromatic heterocycles. The number of aromatic nitrogens is 2. The van der Waals surface area contributed by atoms with Crippen LogP contribution in [0.1, 0.15) is 69.4 Å². The quantitative estimate of drug-likeness (QED) is 0.561. The van der Waals surface area contributed by atoms with E-state index in [0.29, 0.717) is 29.1 Å². The molecule has 0 unspecified atom stereocenters. The van der Waals surface area contributed by atoms with Crippen molar-refractivity contribution >= 4 is 16.8 Å². The molecule has 0 bridgehead atoms. The topological polar surface area (TPSA) is 74.8 Å². The maximum absolute atomic E-state index is 12.6. The molecular weight excluding hydrogens is 374 g/mol. The fourth-order valence-corrected chi connectivity index (χ4v) is 3.63. The number of benzene rings is 2. The van der Waals surface area contributed by atoms with E-state index in [9.17, 15) is 9.59 Å². The van der Waals surface area contributed by atoms with Gasteiger partial charge in [0.15, 0.2) is 0 Å². The maximum atomic E-state index is 12.6. The minimum absolute atomic E-state index is 0.0458. The third-order valence-corrected chi connectivity index (χ3v) is 5.71. The predicted octanol–water partition coefficient (Wildman–Crippen LogP) is 4.88. The highest BCUT2D eigenvalue weighted by molar-refractivity contribution is 5.78. The highest BCUT2D eigenvalue weighted by atomic mass is 16.1. The van der Waals surface area contributed by atoms with Crippen LogP contribution in [0.15, 0.2) is 53.3 Å². The Balaban J connectivity index is 1.66. The second kappa shape index (κ2) is 9.70. The van der Waals surface area contributed by atoms with Crippen molar-refractivity contribution in [3.05, 3.63) is 75.8 Å². The summed E-state index contributed by atoms with van der Waals surface area (Å²) in [6, 6.07) is 15.7. The summed E-state index contributed by atoms with van der Waals surface area (Å²) in [6.45, 7) is 8.63. The van der Waals surface area contributed by atoms with Crippen LogP contribution in [0.3, 0.4) is 0 Å². The number of carbonyl (C=O) groups is 1. The Labute approximate surface area is 177 Å². The standard InChI is InChI=1S/C25H31N3O2/c1-5-17(4)18-10-12-19(13-11-18)24(16(2)3)28-23(29)15-14-22-26-21-9-7-6-8-20(21)25(30)27-22/h6-13,16-17,24H,5,14-15H2,1-4H3,(H,28,29)(H,26,27,30)/t17-,24-/m1/s1. The number of para-hydroxylation sites is 1. The molecule has 5 nitrogen and oxygen atoms in total. The molecule has 0 saturated carbocycles. The fourth-order valence-electron chi connectivity index (χ4n) is 3.63. The highest BCUT2D eigenvalue weighted by Gasteiger charge is 2.19. The Kier molecular flexibility index (Phi) is 7.03. The van der Waals surface area contributed by atoms with Crippen molar-refractivity contribution in [2.45, 2.75) is 58.9 Å². The van der Waals surface area contributed by atoms with Gasteiger partial charge in [-0.05, 0) is 41.5 Å². The van der Waals surface area contributed by atoms with Gasteiger partial charge in [0.2, 0.25) is 5.91 Å². The van der Waals surface area contributed by atoms with E-state index in [0.717, 1.165) is 12.0 Å². The Morgan fingerprint density at radius 1 is 1.03 bits per heavy atom. The second-order valence-corrected chi connectivity index (χ2v) is 8.29. The van der Waals surface area contributed by atoms with Crippen LogP contribution in [0.5, 0.6) is 0 Å². The van der Waals surface area contributed by atoms with E-state index in [1.54, 1.807) is 6.07 Å². The van der Waals surface area contributed by atoms with Gasteiger partial charge in [0.1, 0.15) is 5.82 Å². The molecule has 0 radical (unpaired) electrons. The summed E-state index contributed by atoms with van der Waals surface area (Å²) in [6.07, 6.45) is 1.77.